The average Bonchev–Trinajstić information content (AvgIpc) is 2.77. The molecule has 2 rings (SSSR count). The van der Waals surface area contributed by atoms with Gasteiger partial charge < -0.3 is 10.0 Å². The summed E-state index contributed by atoms with van der Waals surface area (Å²) >= 11 is 7.35. The van der Waals surface area contributed by atoms with E-state index in [0.717, 1.165) is 0 Å². The Balaban J connectivity index is 2.26. The maximum absolute atomic E-state index is 12.1. The van der Waals surface area contributed by atoms with Crippen LogP contribution in [0.25, 0.3) is 0 Å². The molecule has 1 saturated heterocycles. The first-order chi connectivity index (χ1) is 8.11. The topological polar surface area (TPSA) is 57.6 Å². The molecule has 0 saturated carbocycles. The lowest BCUT2D eigenvalue weighted by Crippen LogP contribution is -2.41. The quantitative estimate of drug-likeness (QED) is 0.893. The van der Waals surface area contributed by atoms with E-state index in [1.54, 1.807) is 24.3 Å². The van der Waals surface area contributed by atoms with E-state index in [4.69, 9.17) is 16.7 Å². The molecule has 0 radical (unpaired) electrons. The van der Waals surface area contributed by atoms with Gasteiger partial charge in [-0.2, -0.15) is 0 Å². The number of carboxylic acids is 1. The summed E-state index contributed by atoms with van der Waals surface area (Å²) in [5.74, 6) is -0.490. The van der Waals surface area contributed by atoms with Crippen molar-refractivity contribution in [2.24, 2.45) is 0 Å². The van der Waals surface area contributed by atoms with Gasteiger partial charge in [-0.05, 0) is 12.1 Å². The Hall–Kier alpha value is -1.20. The molecule has 0 aliphatic carbocycles. The van der Waals surface area contributed by atoms with Crippen LogP contribution in [0.15, 0.2) is 24.3 Å². The van der Waals surface area contributed by atoms with E-state index in [0.29, 0.717) is 22.2 Å². The summed E-state index contributed by atoms with van der Waals surface area (Å²) in [6, 6.07) is 5.90. The molecule has 0 spiro atoms. The summed E-state index contributed by atoms with van der Waals surface area (Å²) < 4.78 is 0. The molecule has 1 aromatic rings. The first-order valence-corrected chi connectivity index (χ1v) is 6.50. The van der Waals surface area contributed by atoms with Crippen LogP contribution in [0.1, 0.15) is 10.4 Å². The number of rotatable bonds is 2. The summed E-state index contributed by atoms with van der Waals surface area (Å²) in [4.78, 5) is 24.5. The van der Waals surface area contributed by atoms with Gasteiger partial charge in [0, 0.05) is 5.75 Å². The molecule has 1 unspecified atom stereocenters. The number of hydrogen-bond acceptors (Lipinski definition) is 3. The number of carbonyl (C=O) groups excluding carboxylic acids is 1. The lowest BCUT2D eigenvalue weighted by Gasteiger charge is -2.20. The highest BCUT2D eigenvalue weighted by molar-refractivity contribution is 7.99. The fraction of sp³-hybridized carbons (Fsp3) is 0.273. The molecule has 0 bridgehead atoms. The Labute approximate surface area is 108 Å². The molecule has 17 heavy (non-hydrogen) atoms. The van der Waals surface area contributed by atoms with Gasteiger partial charge in [-0.1, -0.05) is 23.7 Å². The number of carboxylic acid groups (broad SMARTS) is 1. The summed E-state index contributed by atoms with van der Waals surface area (Å²) in [5.41, 5.74) is 0.350. The van der Waals surface area contributed by atoms with Gasteiger partial charge in [0.2, 0.25) is 0 Å². The maximum atomic E-state index is 12.1. The van der Waals surface area contributed by atoms with Crippen molar-refractivity contribution in [3.63, 3.8) is 0 Å². The van der Waals surface area contributed by atoms with Gasteiger partial charge in [-0.25, -0.2) is 4.79 Å². The van der Waals surface area contributed by atoms with Crippen molar-refractivity contribution >= 4 is 35.2 Å². The number of benzene rings is 1. The van der Waals surface area contributed by atoms with Crippen LogP contribution < -0.4 is 0 Å². The predicted molar refractivity (Wildman–Crippen MR) is 66.4 cm³/mol. The van der Waals surface area contributed by atoms with Gasteiger partial charge in [-0.15, -0.1) is 11.8 Å². The Bertz CT molecular complexity index is 466. The Kier molecular flexibility index (Phi) is 3.59. The van der Waals surface area contributed by atoms with Crippen LogP contribution in [0.2, 0.25) is 5.02 Å². The van der Waals surface area contributed by atoms with Crippen molar-refractivity contribution in [1.82, 2.24) is 4.90 Å². The second-order valence-electron chi connectivity index (χ2n) is 3.61. The lowest BCUT2D eigenvalue weighted by atomic mass is 10.2. The van der Waals surface area contributed by atoms with E-state index >= 15 is 0 Å². The molecule has 1 atom stereocenters. The first kappa shape index (κ1) is 12.3. The van der Waals surface area contributed by atoms with Crippen LogP contribution in [0.5, 0.6) is 0 Å². The van der Waals surface area contributed by atoms with Gasteiger partial charge in [0.05, 0.1) is 16.5 Å². The third-order valence-corrected chi connectivity index (χ3v) is 3.87. The van der Waals surface area contributed by atoms with E-state index < -0.39 is 12.0 Å². The van der Waals surface area contributed by atoms with Crippen molar-refractivity contribution in [3.8, 4) is 0 Å². The number of nitrogens with zero attached hydrogens (tertiary/aromatic N) is 1. The van der Waals surface area contributed by atoms with Crippen molar-refractivity contribution in [2.45, 2.75) is 6.04 Å². The van der Waals surface area contributed by atoms with E-state index in [-0.39, 0.29) is 5.91 Å². The standard InChI is InChI=1S/C11H10ClNO3S/c12-8-4-2-1-3-7(8)10(14)13-6-17-5-9(13)11(15)16/h1-4,9H,5-6H2,(H,15,16). The summed E-state index contributed by atoms with van der Waals surface area (Å²) in [7, 11) is 0. The third kappa shape index (κ3) is 2.40. The van der Waals surface area contributed by atoms with E-state index in [2.05, 4.69) is 0 Å². The minimum Gasteiger partial charge on any atom is -0.480 e. The van der Waals surface area contributed by atoms with Crippen LogP contribution in [0.3, 0.4) is 0 Å². The molecule has 1 heterocycles. The minimum atomic E-state index is -0.976. The molecule has 4 nitrogen and oxygen atoms in total. The van der Waals surface area contributed by atoms with E-state index in [1.165, 1.54) is 16.7 Å². The zero-order valence-electron chi connectivity index (χ0n) is 8.80. The second kappa shape index (κ2) is 4.98. The molecule has 1 N–H and O–H groups in total. The Morgan fingerprint density at radius 3 is 2.76 bits per heavy atom. The fourth-order valence-corrected chi connectivity index (χ4v) is 3.00. The minimum absolute atomic E-state index is 0.326. The fourth-order valence-electron chi connectivity index (χ4n) is 1.64. The molecule has 1 aliphatic rings. The first-order valence-electron chi connectivity index (χ1n) is 4.97. The average molecular weight is 272 g/mol. The van der Waals surface area contributed by atoms with Crippen LogP contribution in [-0.4, -0.2) is 39.6 Å². The molecular weight excluding hydrogens is 262 g/mol. The zero-order chi connectivity index (χ0) is 12.4. The third-order valence-electron chi connectivity index (χ3n) is 2.53. The molecule has 1 amide bonds. The molecule has 0 aromatic heterocycles. The second-order valence-corrected chi connectivity index (χ2v) is 5.02. The van der Waals surface area contributed by atoms with E-state index in [1.807, 2.05) is 0 Å². The van der Waals surface area contributed by atoms with Gasteiger partial charge in [-0.3, -0.25) is 4.79 Å². The summed E-state index contributed by atoms with van der Waals surface area (Å²) in [5, 5.41) is 9.35. The number of carbonyl (C=O) groups is 2. The Morgan fingerprint density at radius 1 is 1.41 bits per heavy atom. The molecule has 90 valence electrons. The molecular formula is C11H10ClNO3S. The van der Waals surface area contributed by atoms with Crippen molar-refractivity contribution < 1.29 is 14.7 Å². The molecule has 1 aromatic carbocycles. The Morgan fingerprint density at radius 2 is 2.12 bits per heavy atom. The smallest absolute Gasteiger partial charge is 0.327 e. The number of aliphatic carboxylic acids is 1. The van der Waals surface area contributed by atoms with Gasteiger partial charge in [0.25, 0.3) is 5.91 Å². The SMILES string of the molecule is O=C(O)C1CSCN1C(=O)c1ccccc1Cl. The van der Waals surface area contributed by atoms with Crippen molar-refractivity contribution in [1.29, 1.82) is 0 Å². The van der Waals surface area contributed by atoms with E-state index in [9.17, 15) is 9.59 Å². The summed E-state index contributed by atoms with van der Waals surface area (Å²) in [6.45, 7) is 0. The molecule has 1 fully saturated rings. The highest BCUT2D eigenvalue weighted by Crippen LogP contribution is 2.25. The molecule has 6 heteroatoms. The van der Waals surface area contributed by atoms with Crippen LogP contribution in [0.4, 0.5) is 0 Å². The molecule has 1 aliphatic heterocycles. The van der Waals surface area contributed by atoms with Crippen LogP contribution in [0, 0.1) is 0 Å². The summed E-state index contributed by atoms with van der Waals surface area (Å²) in [6.07, 6.45) is 0. The monoisotopic (exact) mass is 271 g/mol. The van der Waals surface area contributed by atoms with Crippen molar-refractivity contribution in [3.05, 3.63) is 34.9 Å². The van der Waals surface area contributed by atoms with Crippen molar-refractivity contribution in [2.75, 3.05) is 11.6 Å². The van der Waals surface area contributed by atoms with Crippen LogP contribution >= 0.6 is 23.4 Å². The van der Waals surface area contributed by atoms with Gasteiger partial charge >= 0.3 is 5.97 Å². The highest BCUT2D eigenvalue weighted by atomic mass is 35.5. The number of amides is 1. The zero-order valence-corrected chi connectivity index (χ0v) is 10.4. The van der Waals surface area contributed by atoms with Crippen LogP contribution in [-0.2, 0) is 4.79 Å². The van der Waals surface area contributed by atoms with Gasteiger partial charge in [0.1, 0.15) is 6.04 Å². The number of hydrogen-bond donors (Lipinski definition) is 1. The largest absolute Gasteiger partial charge is 0.480 e. The predicted octanol–water partition coefficient (Wildman–Crippen LogP) is 1.94. The highest BCUT2D eigenvalue weighted by Gasteiger charge is 2.35. The maximum Gasteiger partial charge on any atom is 0.327 e. The lowest BCUT2D eigenvalue weighted by molar-refractivity contribution is -0.140. The number of halogens is 1. The van der Waals surface area contributed by atoms with Gasteiger partial charge in [0.15, 0.2) is 0 Å². The normalized spacial score (nSPS) is 19.4. The number of thioether (sulfide) groups is 1.